The Balaban J connectivity index is 2.21. The molecule has 0 saturated carbocycles. The average molecular weight is 353 g/mol. The van der Waals surface area contributed by atoms with E-state index in [-0.39, 0.29) is 12.5 Å². The summed E-state index contributed by atoms with van der Waals surface area (Å²) in [6.07, 6.45) is 4.37. The first-order valence-corrected chi connectivity index (χ1v) is 9.42. The molecule has 1 aromatic carbocycles. The zero-order valence-electron chi connectivity index (χ0n) is 14.7. The first-order chi connectivity index (χ1) is 11.7. The van der Waals surface area contributed by atoms with Gasteiger partial charge in [-0.05, 0) is 42.5 Å². The van der Waals surface area contributed by atoms with E-state index < -0.39 is 0 Å². The second kappa shape index (κ2) is 12.5. The molecule has 134 valence electrons. The van der Waals surface area contributed by atoms with Crippen LogP contribution in [0.25, 0.3) is 0 Å². The van der Waals surface area contributed by atoms with E-state index in [1.54, 1.807) is 14.2 Å². The molecule has 0 aliphatic rings. The molecular formula is C17H28N4O2S. The molecule has 1 rings (SSSR count). The molecule has 0 heterocycles. The van der Waals surface area contributed by atoms with Gasteiger partial charge >= 0.3 is 0 Å². The van der Waals surface area contributed by atoms with Crippen LogP contribution in [0.5, 0.6) is 5.75 Å². The van der Waals surface area contributed by atoms with Gasteiger partial charge in [-0.1, -0.05) is 12.1 Å². The third kappa shape index (κ3) is 8.67. The van der Waals surface area contributed by atoms with Gasteiger partial charge in [0.05, 0.1) is 13.7 Å². The number of ether oxygens (including phenoxy) is 1. The summed E-state index contributed by atoms with van der Waals surface area (Å²) in [6, 6.07) is 7.62. The van der Waals surface area contributed by atoms with Crippen molar-refractivity contribution in [1.82, 2.24) is 16.0 Å². The molecular weight excluding hydrogens is 324 g/mol. The molecule has 0 radical (unpaired) electrons. The molecule has 0 aliphatic heterocycles. The molecule has 0 spiro atoms. The lowest BCUT2D eigenvalue weighted by Crippen LogP contribution is -2.43. The van der Waals surface area contributed by atoms with Crippen molar-refractivity contribution in [1.29, 1.82) is 0 Å². The number of hydrogen-bond acceptors (Lipinski definition) is 4. The average Bonchev–Trinajstić information content (AvgIpc) is 2.62. The maximum Gasteiger partial charge on any atom is 0.239 e. The molecule has 1 amide bonds. The fourth-order valence-electron chi connectivity index (χ4n) is 1.97. The van der Waals surface area contributed by atoms with Crippen molar-refractivity contribution in [3.8, 4) is 5.75 Å². The Morgan fingerprint density at radius 1 is 1.17 bits per heavy atom. The second-order valence-electron chi connectivity index (χ2n) is 5.18. The van der Waals surface area contributed by atoms with Gasteiger partial charge in [0, 0.05) is 20.1 Å². The van der Waals surface area contributed by atoms with Gasteiger partial charge in [0.25, 0.3) is 0 Å². The number of carbonyl (C=O) groups is 1. The predicted octanol–water partition coefficient (Wildman–Crippen LogP) is 1.62. The highest BCUT2D eigenvalue weighted by atomic mass is 32.2. The number of methoxy groups -OCH3 is 1. The minimum atomic E-state index is -0.0730. The summed E-state index contributed by atoms with van der Waals surface area (Å²) in [5, 5.41) is 9.09. The smallest absolute Gasteiger partial charge is 0.239 e. The van der Waals surface area contributed by atoms with E-state index in [2.05, 4.69) is 27.2 Å². The molecule has 1 aromatic rings. The summed E-state index contributed by atoms with van der Waals surface area (Å²) >= 11 is 1.85. The van der Waals surface area contributed by atoms with Gasteiger partial charge < -0.3 is 20.7 Å². The topological polar surface area (TPSA) is 74.8 Å². The Morgan fingerprint density at radius 3 is 2.54 bits per heavy atom. The number of amides is 1. The van der Waals surface area contributed by atoms with Crippen LogP contribution in [0.4, 0.5) is 0 Å². The third-order valence-electron chi connectivity index (χ3n) is 3.36. The number of unbranched alkanes of at least 4 members (excludes halogenated alkanes) is 1. The van der Waals surface area contributed by atoms with Gasteiger partial charge in [0.2, 0.25) is 5.91 Å². The number of rotatable bonds is 10. The lowest BCUT2D eigenvalue weighted by atomic mass is 10.2. The molecule has 0 unspecified atom stereocenters. The number of nitrogens with zero attached hydrogens (tertiary/aromatic N) is 1. The molecule has 0 atom stereocenters. The van der Waals surface area contributed by atoms with E-state index in [4.69, 9.17) is 4.74 Å². The van der Waals surface area contributed by atoms with Crippen LogP contribution in [0.15, 0.2) is 29.3 Å². The zero-order valence-corrected chi connectivity index (χ0v) is 15.5. The molecule has 7 heteroatoms. The first kappa shape index (κ1) is 20.2. The Bertz CT molecular complexity index is 506. The SMILES string of the molecule is CN=C(NCCCCSC)NCC(=O)NCc1ccc(OC)cc1. The van der Waals surface area contributed by atoms with Gasteiger partial charge in [0.1, 0.15) is 5.75 Å². The summed E-state index contributed by atoms with van der Waals surface area (Å²) in [5.41, 5.74) is 1.03. The number of carbonyl (C=O) groups excluding carboxylic acids is 1. The van der Waals surface area contributed by atoms with Crippen LogP contribution in [0.2, 0.25) is 0 Å². The lowest BCUT2D eigenvalue weighted by Gasteiger charge is -2.12. The van der Waals surface area contributed by atoms with Crippen molar-refractivity contribution >= 4 is 23.6 Å². The molecule has 3 N–H and O–H groups in total. The van der Waals surface area contributed by atoms with Crippen molar-refractivity contribution < 1.29 is 9.53 Å². The van der Waals surface area contributed by atoms with Crippen LogP contribution in [-0.4, -0.2) is 51.1 Å². The highest BCUT2D eigenvalue weighted by Gasteiger charge is 2.03. The summed E-state index contributed by atoms with van der Waals surface area (Å²) in [7, 11) is 3.33. The maximum atomic E-state index is 11.9. The molecule has 24 heavy (non-hydrogen) atoms. The van der Waals surface area contributed by atoms with Crippen LogP contribution < -0.4 is 20.7 Å². The van der Waals surface area contributed by atoms with E-state index in [0.717, 1.165) is 24.3 Å². The lowest BCUT2D eigenvalue weighted by molar-refractivity contribution is -0.120. The van der Waals surface area contributed by atoms with Gasteiger partial charge in [-0.3, -0.25) is 9.79 Å². The van der Waals surface area contributed by atoms with Crippen molar-refractivity contribution in [2.75, 3.05) is 39.3 Å². The van der Waals surface area contributed by atoms with Crippen LogP contribution in [0.3, 0.4) is 0 Å². The van der Waals surface area contributed by atoms with E-state index in [0.29, 0.717) is 12.5 Å². The highest BCUT2D eigenvalue weighted by molar-refractivity contribution is 7.98. The molecule has 0 bridgehead atoms. The Labute approximate surface area is 148 Å². The number of aliphatic imine (C=N–C) groups is 1. The standard InChI is InChI=1S/C17H28N4O2S/c1-18-17(19-10-4-5-11-24-3)21-13-16(22)20-12-14-6-8-15(23-2)9-7-14/h6-9H,4-5,10-13H2,1-3H3,(H,20,22)(H2,18,19,21). The van der Waals surface area contributed by atoms with Crippen molar-refractivity contribution in [3.63, 3.8) is 0 Å². The maximum absolute atomic E-state index is 11.9. The second-order valence-corrected chi connectivity index (χ2v) is 6.16. The van der Waals surface area contributed by atoms with Crippen LogP contribution >= 0.6 is 11.8 Å². The van der Waals surface area contributed by atoms with Gasteiger partial charge in [-0.2, -0.15) is 11.8 Å². The Morgan fingerprint density at radius 2 is 1.92 bits per heavy atom. The number of hydrogen-bond donors (Lipinski definition) is 3. The van der Waals surface area contributed by atoms with Gasteiger partial charge in [-0.25, -0.2) is 0 Å². The zero-order chi connectivity index (χ0) is 17.6. The summed E-state index contributed by atoms with van der Waals surface area (Å²) in [4.78, 5) is 16.0. The monoisotopic (exact) mass is 352 g/mol. The van der Waals surface area contributed by atoms with Gasteiger partial charge in [-0.15, -0.1) is 0 Å². The number of thioether (sulfide) groups is 1. The summed E-state index contributed by atoms with van der Waals surface area (Å²) < 4.78 is 5.11. The van der Waals surface area contributed by atoms with Crippen molar-refractivity contribution in [3.05, 3.63) is 29.8 Å². The quantitative estimate of drug-likeness (QED) is 0.339. The molecule has 0 fully saturated rings. The Hall–Kier alpha value is -1.89. The minimum absolute atomic E-state index is 0.0730. The number of benzene rings is 1. The fourth-order valence-corrected chi connectivity index (χ4v) is 2.46. The highest BCUT2D eigenvalue weighted by Crippen LogP contribution is 2.10. The largest absolute Gasteiger partial charge is 0.497 e. The normalized spacial score (nSPS) is 11.0. The van der Waals surface area contributed by atoms with Crippen molar-refractivity contribution in [2.45, 2.75) is 19.4 Å². The van der Waals surface area contributed by atoms with Crippen molar-refractivity contribution in [2.24, 2.45) is 4.99 Å². The van der Waals surface area contributed by atoms with E-state index in [1.165, 1.54) is 12.2 Å². The van der Waals surface area contributed by atoms with E-state index in [9.17, 15) is 4.79 Å². The third-order valence-corrected chi connectivity index (χ3v) is 4.05. The van der Waals surface area contributed by atoms with Crippen LogP contribution in [0.1, 0.15) is 18.4 Å². The number of nitrogens with one attached hydrogen (secondary N) is 3. The van der Waals surface area contributed by atoms with E-state index in [1.807, 2.05) is 36.0 Å². The number of guanidine groups is 1. The van der Waals surface area contributed by atoms with Crippen LogP contribution in [0, 0.1) is 0 Å². The van der Waals surface area contributed by atoms with Gasteiger partial charge in [0.15, 0.2) is 5.96 Å². The Kier molecular flexibility index (Phi) is 10.5. The molecule has 0 saturated heterocycles. The fraction of sp³-hybridized carbons (Fsp3) is 0.529. The molecule has 6 nitrogen and oxygen atoms in total. The van der Waals surface area contributed by atoms with Crippen LogP contribution in [-0.2, 0) is 11.3 Å². The molecule has 0 aromatic heterocycles. The van der Waals surface area contributed by atoms with E-state index >= 15 is 0 Å². The minimum Gasteiger partial charge on any atom is -0.497 e. The predicted molar refractivity (Wildman–Crippen MR) is 102 cm³/mol. The molecule has 0 aliphatic carbocycles. The summed E-state index contributed by atoms with van der Waals surface area (Å²) in [5.74, 6) is 2.55. The summed E-state index contributed by atoms with van der Waals surface area (Å²) in [6.45, 7) is 1.54. The first-order valence-electron chi connectivity index (χ1n) is 8.02.